The first-order chi connectivity index (χ1) is 8.38. The Labute approximate surface area is 114 Å². The minimum atomic E-state index is -0.627. The van der Waals surface area contributed by atoms with E-state index in [0.717, 1.165) is 6.07 Å². The molecule has 0 saturated carbocycles. The average molecular weight is 291 g/mol. The van der Waals surface area contributed by atoms with Crippen LogP contribution in [0.15, 0.2) is 18.2 Å². The zero-order valence-corrected chi connectivity index (χ0v) is 11.4. The maximum atomic E-state index is 12.1. The maximum Gasteiger partial charge on any atom is 0.283 e. The smallest absolute Gasteiger partial charge is 0.283 e. The minimum Gasteiger partial charge on any atom is -0.338 e. The van der Waals surface area contributed by atoms with Crippen LogP contribution in [0, 0.1) is 10.1 Å². The number of rotatable bonds is 4. The zero-order chi connectivity index (χ0) is 13.9. The van der Waals surface area contributed by atoms with Crippen LogP contribution in [0.25, 0.3) is 0 Å². The molecule has 1 aromatic carbocycles. The van der Waals surface area contributed by atoms with Crippen LogP contribution < -0.4 is 0 Å². The molecule has 5 nitrogen and oxygen atoms in total. The number of halogens is 2. The molecule has 1 aromatic rings. The monoisotopic (exact) mass is 290 g/mol. The van der Waals surface area contributed by atoms with E-state index in [2.05, 4.69) is 0 Å². The molecular weight excluding hydrogens is 279 g/mol. The van der Waals surface area contributed by atoms with Gasteiger partial charge in [-0.15, -0.1) is 11.6 Å². The summed E-state index contributed by atoms with van der Waals surface area (Å²) in [6.45, 7) is 1.76. The Morgan fingerprint density at radius 2 is 2.17 bits per heavy atom. The van der Waals surface area contributed by atoms with Crippen LogP contribution in [-0.2, 0) is 0 Å². The molecule has 0 saturated heterocycles. The molecule has 1 amide bonds. The van der Waals surface area contributed by atoms with Crippen LogP contribution >= 0.6 is 23.2 Å². The summed E-state index contributed by atoms with van der Waals surface area (Å²) in [4.78, 5) is 23.7. The highest BCUT2D eigenvalue weighted by Gasteiger charge is 2.25. The molecule has 0 aliphatic carbocycles. The quantitative estimate of drug-likeness (QED) is 0.486. The van der Waals surface area contributed by atoms with Gasteiger partial charge >= 0.3 is 0 Å². The number of nitro benzene ring substituents is 1. The number of nitro groups is 1. The molecule has 0 radical (unpaired) electrons. The molecule has 0 bridgehead atoms. The first-order valence-electron chi connectivity index (χ1n) is 5.15. The van der Waals surface area contributed by atoms with E-state index in [4.69, 9.17) is 23.2 Å². The Morgan fingerprint density at radius 1 is 1.56 bits per heavy atom. The molecule has 0 heterocycles. The average Bonchev–Trinajstić information content (AvgIpc) is 2.35. The van der Waals surface area contributed by atoms with Crippen molar-refractivity contribution in [2.45, 2.75) is 13.0 Å². The summed E-state index contributed by atoms with van der Waals surface area (Å²) in [6.07, 6.45) is 0. The summed E-state index contributed by atoms with van der Waals surface area (Å²) in [6, 6.07) is 3.74. The van der Waals surface area contributed by atoms with E-state index in [1.54, 1.807) is 14.0 Å². The molecule has 0 fully saturated rings. The van der Waals surface area contributed by atoms with Crippen LogP contribution in [-0.4, -0.2) is 34.7 Å². The normalized spacial score (nSPS) is 12.0. The van der Waals surface area contributed by atoms with Crippen molar-refractivity contribution in [2.75, 3.05) is 12.9 Å². The summed E-state index contributed by atoms with van der Waals surface area (Å²) in [5, 5.41) is 11.1. The first-order valence-corrected chi connectivity index (χ1v) is 6.06. The first kappa shape index (κ1) is 14.7. The Kier molecular flexibility index (Phi) is 4.93. The van der Waals surface area contributed by atoms with E-state index in [0.29, 0.717) is 0 Å². The van der Waals surface area contributed by atoms with E-state index in [-0.39, 0.29) is 28.2 Å². The number of hydrogen-bond donors (Lipinski definition) is 0. The van der Waals surface area contributed by atoms with Crippen molar-refractivity contribution < 1.29 is 9.72 Å². The molecule has 1 unspecified atom stereocenters. The lowest BCUT2D eigenvalue weighted by atomic mass is 10.1. The van der Waals surface area contributed by atoms with Gasteiger partial charge in [0, 0.05) is 30.1 Å². The van der Waals surface area contributed by atoms with Gasteiger partial charge in [0.15, 0.2) is 0 Å². The second-order valence-electron chi connectivity index (χ2n) is 3.84. The Balaban J connectivity index is 3.17. The third-order valence-corrected chi connectivity index (χ3v) is 3.27. The van der Waals surface area contributed by atoms with Crippen LogP contribution in [0.3, 0.4) is 0 Å². The second kappa shape index (κ2) is 6.02. The molecule has 1 atom stereocenters. The second-order valence-corrected chi connectivity index (χ2v) is 4.58. The molecule has 0 spiro atoms. The molecule has 0 aromatic heterocycles. The van der Waals surface area contributed by atoms with Gasteiger partial charge in [-0.1, -0.05) is 11.6 Å². The molecule has 0 aliphatic heterocycles. The van der Waals surface area contributed by atoms with Crippen molar-refractivity contribution in [1.29, 1.82) is 0 Å². The standard InChI is InChI=1S/C11H12Cl2N2O3/c1-7(6-12)14(2)11(16)9-4-3-8(13)5-10(9)15(17)18/h3-5,7H,6H2,1-2H3. The minimum absolute atomic E-state index is 0.00358. The van der Waals surface area contributed by atoms with Crippen molar-refractivity contribution in [1.82, 2.24) is 4.90 Å². The molecule has 18 heavy (non-hydrogen) atoms. The number of hydrogen-bond acceptors (Lipinski definition) is 3. The van der Waals surface area contributed by atoms with Crippen LogP contribution in [0.4, 0.5) is 5.69 Å². The van der Waals surface area contributed by atoms with E-state index in [1.807, 2.05) is 0 Å². The number of amides is 1. The van der Waals surface area contributed by atoms with Crippen LogP contribution in [0.5, 0.6) is 0 Å². The van der Waals surface area contributed by atoms with Crippen molar-refractivity contribution in [3.05, 3.63) is 38.9 Å². The molecular formula is C11H12Cl2N2O3. The maximum absolute atomic E-state index is 12.1. The molecule has 7 heteroatoms. The van der Waals surface area contributed by atoms with Gasteiger partial charge in [0.1, 0.15) is 5.56 Å². The highest BCUT2D eigenvalue weighted by molar-refractivity contribution is 6.31. The van der Waals surface area contributed by atoms with E-state index in [9.17, 15) is 14.9 Å². The fraction of sp³-hybridized carbons (Fsp3) is 0.364. The number of nitrogens with zero attached hydrogens (tertiary/aromatic N) is 2. The van der Waals surface area contributed by atoms with Gasteiger partial charge in [-0.3, -0.25) is 14.9 Å². The Bertz CT molecular complexity index is 479. The van der Waals surface area contributed by atoms with E-state index >= 15 is 0 Å². The van der Waals surface area contributed by atoms with Crippen molar-refractivity contribution in [3.63, 3.8) is 0 Å². The topological polar surface area (TPSA) is 63.5 Å². The highest BCUT2D eigenvalue weighted by Crippen LogP contribution is 2.24. The summed E-state index contributed by atoms with van der Waals surface area (Å²) in [7, 11) is 1.55. The van der Waals surface area contributed by atoms with Crippen molar-refractivity contribution >= 4 is 34.8 Å². The summed E-state index contributed by atoms with van der Waals surface area (Å²) in [5.74, 6) is -0.199. The van der Waals surface area contributed by atoms with E-state index < -0.39 is 10.8 Å². The van der Waals surface area contributed by atoms with Gasteiger partial charge in [0.25, 0.3) is 11.6 Å². The Morgan fingerprint density at radius 3 is 2.67 bits per heavy atom. The summed E-state index contributed by atoms with van der Waals surface area (Å²) < 4.78 is 0. The lowest BCUT2D eigenvalue weighted by Crippen LogP contribution is -2.36. The van der Waals surface area contributed by atoms with E-state index in [1.165, 1.54) is 17.0 Å². The van der Waals surface area contributed by atoms with Crippen molar-refractivity contribution in [2.24, 2.45) is 0 Å². The fourth-order valence-corrected chi connectivity index (χ4v) is 1.70. The number of alkyl halides is 1. The molecule has 98 valence electrons. The van der Waals surface area contributed by atoms with Gasteiger partial charge < -0.3 is 4.90 Å². The Hall–Kier alpha value is -1.33. The SMILES string of the molecule is CC(CCl)N(C)C(=O)c1ccc(Cl)cc1[N+](=O)[O-]. The third-order valence-electron chi connectivity index (χ3n) is 2.59. The van der Waals surface area contributed by atoms with Crippen molar-refractivity contribution in [3.8, 4) is 0 Å². The number of carbonyl (C=O) groups is 1. The van der Waals surface area contributed by atoms with Gasteiger partial charge in [0.2, 0.25) is 0 Å². The van der Waals surface area contributed by atoms with Gasteiger partial charge in [-0.05, 0) is 19.1 Å². The lowest BCUT2D eigenvalue weighted by Gasteiger charge is -2.22. The van der Waals surface area contributed by atoms with Gasteiger partial charge in [-0.2, -0.15) is 0 Å². The molecule has 1 rings (SSSR count). The predicted molar refractivity (Wildman–Crippen MR) is 70.4 cm³/mol. The molecule has 0 N–H and O–H groups in total. The highest BCUT2D eigenvalue weighted by atomic mass is 35.5. The third kappa shape index (κ3) is 3.11. The zero-order valence-electron chi connectivity index (χ0n) is 9.89. The number of benzene rings is 1. The largest absolute Gasteiger partial charge is 0.338 e. The van der Waals surface area contributed by atoms with Crippen LogP contribution in [0.1, 0.15) is 17.3 Å². The molecule has 0 aliphatic rings. The van der Waals surface area contributed by atoms with Gasteiger partial charge in [-0.25, -0.2) is 0 Å². The van der Waals surface area contributed by atoms with Crippen LogP contribution in [0.2, 0.25) is 5.02 Å². The van der Waals surface area contributed by atoms with Gasteiger partial charge in [0.05, 0.1) is 4.92 Å². The summed E-state index contributed by atoms with van der Waals surface area (Å²) in [5.41, 5.74) is -0.301. The lowest BCUT2D eigenvalue weighted by molar-refractivity contribution is -0.385. The summed E-state index contributed by atoms with van der Waals surface area (Å²) >= 11 is 11.3. The number of carbonyl (C=O) groups excluding carboxylic acids is 1. The predicted octanol–water partition coefficient (Wildman–Crippen LogP) is 2.95. The fourth-order valence-electron chi connectivity index (χ4n) is 1.33.